The van der Waals surface area contributed by atoms with E-state index in [4.69, 9.17) is 4.74 Å². The van der Waals surface area contributed by atoms with Crippen molar-refractivity contribution in [1.82, 2.24) is 4.90 Å². The van der Waals surface area contributed by atoms with Crippen LogP contribution in [-0.4, -0.2) is 17.6 Å². The van der Waals surface area contributed by atoms with E-state index in [1.807, 2.05) is 53.4 Å². The number of rotatable bonds is 4. The summed E-state index contributed by atoms with van der Waals surface area (Å²) in [5.41, 5.74) is 1.88. The molecule has 0 radical (unpaired) electrons. The van der Waals surface area contributed by atoms with E-state index >= 15 is 0 Å². The number of benzene rings is 2. The Balaban J connectivity index is 1.97. The third-order valence-electron chi connectivity index (χ3n) is 4.25. The Hall–Kier alpha value is -2.29. The van der Waals surface area contributed by atoms with Gasteiger partial charge in [0.1, 0.15) is 12.1 Å². The fourth-order valence-electron chi connectivity index (χ4n) is 2.98. The molecule has 108 valence electrons. The average Bonchev–Trinajstić information content (AvgIpc) is 2.87. The molecule has 1 fully saturated rings. The number of cyclic esters (lactones) is 1. The molecular weight excluding hydrogens is 262 g/mol. The number of nitrogens with zero attached hydrogens (tertiary/aromatic N) is 1. The van der Waals surface area contributed by atoms with Crippen LogP contribution in [0.3, 0.4) is 0 Å². The highest BCUT2D eigenvalue weighted by Gasteiger charge is 2.47. The summed E-state index contributed by atoms with van der Waals surface area (Å²) in [6.45, 7) is 3.09. The monoisotopic (exact) mass is 281 g/mol. The molecule has 0 aliphatic carbocycles. The lowest BCUT2D eigenvalue weighted by atomic mass is 9.86. The number of carbonyl (C=O) groups excluding carboxylic acids is 1. The van der Waals surface area contributed by atoms with Crippen molar-refractivity contribution in [2.45, 2.75) is 25.4 Å². The molecule has 1 saturated heterocycles. The van der Waals surface area contributed by atoms with Crippen LogP contribution in [0.4, 0.5) is 4.79 Å². The maximum atomic E-state index is 12.2. The van der Waals surface area contributed by atoms with Crippen molar-refractivity contribution in [1.29, 1.82) is 0 Å². The Labute approximate surface area is 125 Å². The molecule has 3 heteroatoms. The van der Waals surface area contributed by atoms with E-state index in [9.17, 15) is 4.79 Å². The summed E-state index contributed by atoms with van der Waals surface area (Å²) in [6.07, 6.45) is 0.597. The molecule has 3 nitrogen and oxygen atoms in total. The van der Waals surface area contributed by atoms with Crippen LogP contribution in [-0.2, 0) is 16.8 Å². The summed E-state index contributed by atoms with van der Waals surface area (Å²) in [4.78, 5) is 14.1. The Morgan fingerprint density at radius 1 is 1.05 bits per heavy atom. The molecule has 1 unspecified atom stereocenters. The smallest absolute Gasteiger partial charge is 0.411 e. The molecule has 1 atom stereocenters. The lowest BCUT2D eigenvalue weighted by molar-refractivity contribution is 0.142. The molecule has 2 aromatic carbocycles. The predicted octanol–water partition coefficient (Wildman–Crippen LogP) is 3.94. The summed E-state index contributed by atoms with van der Waals surface area (Å²) < 4.78 is 5.39. The van der Waals surface area contributed by atoms with Crippen molar-refractivity contribution in [3.63, 3.8) is 0 Å². The van der Waals surface area contributed by atoms with Gasteiger partial charge in [-0.05, 0) is 17.5 Å². The number of hydrogen-bond acceptors (Lipinski definition) is 2. The van der Waals surface area contributed by atoms with Crippen LogP contribution in [0.5, 0.6) is 0 Å². The summed E-state index contributed by atoms with van der Waals surface area (Å²) in [6, 6.07) is 20.2. The third-order valence-corrected chi connectivity index (χ3v) is 4.25. The zero-order valence-electron chi connectivity index (χ0n) is 12.2. The van der Waals surface area contributed by atoms with E-state index in [1.165, 1.54) is 0 Å². The molecule has 1 amide bonds. The van der Waals surface area contributed by atoms with E-state index in [0.717, 1.165) is 17.5 Å². The van der Waals surface area contributed by atoms with E-state index in [-0.39, 0.29) is 11.6 Å². The van der Waals surface area contributed by atoms with E-state index in [1.54, 1.807) is 0 Å². The van der Waals surface area contributed by atoms with Gasteiger partial charge < -0.3 is 4.74 Å². The number of ether oxygens (including phenoxy) is 1. The molecule has 0 aromatic heterocycles. The van der Waals surface area contributed by atoms with Gasteiger partial charge in [0.25, 0.3) is 0 Å². The SMILES string of the molecule is CCC1(c2ccccc2)COC(=O)N1Cc1ccccc1. The minimum Gasteiger partial charge on any atom is -0.447 e. The highest BCUT2D eigenvalue weighted by molar-refractivity contribution is 5.72. The van der Waals surface area contributed by atoms with E-state index in [0.29, 0.717) is 13.2 Å². The Kier molecular flexibility index (Phi) is 3.65. The number of hydrogen-bond donors (Lipinski definition) is 0. The standard InChI is InChI=1S/C18H19NO2/c1-2-18(16-11-7-4-8-12-16)14-21-17(20)19(18)13-15-9-5-3-6-10-15/h3-12H,2,13-14H2,1H3. The van der Waals surface area contributed by atoms with Crippen molar-refractivity contribution in [3.8, 4) is 0 Å². The molecular formula is C18H19NO2. The number of amides is 1. The lowest BCUT2D eigenvalue weighted by Crippen LogP contribution is -2.43. The average molecular weight is 281 g/mol. The summed E-state index contributed by atoms with van der Waals surface area (Å²) in [7, 11) is 0. The molecule has 1 aliphatic rings. The zero-order valence-corrected chi connectivity index (χ0v) is 12.2. The lowest BCUT2D eigenvalue weighted by Gasteiger charge is -2.35. The van der Waals surface area contributed by atoms with Gasteiger partial charge in [-0.3, -0.25) is 4.90 Å². The molecule has 1 aliphatic heterocycles. The first-order valence-corrected chi connectivity index (χ1v) is 7.30. The second kappa shape index (κ2) is 5.60. The second-order valence-corrected chi connectivity index (χ2v) is 5.38. The quantitative estimate of drug-likeness (QED) is 0.849. The maximum absolute atomic E-state index is 12.2. The fraction of sp³-hybridized carbons (Fsp3) is 0.278. The van der Waals surface area contributed by atoms with Crippen molar-refractivity contribution in [3.05, 3.63) is 71.8 Å². The third kappa shape index (κ3) is 2.40. The van der Waals surface area contributed by atoms with Crippen molar-refractivity contribution < 1.29 is 9.53 Å². The van der Waals surface area contributed by atoms with Crippen molar-refractivity contribution >= 4 is 6.09 Å². The predicted molar refractivity (Wildman–Crippen MR) is 81.7 cm³/mol. The van der Waals surface area contributed by atoms with Crippen LogP contribution in [0.25, 0.3) is 0 Å². The molecule has 0 spiro atoms. The molecule has 0 bridgehead atoms. The van der Waals surface area contributed by atoms with Gasteiger partial charge in [-0.15, -0.1) is 0 Å². The minimum absolute atomic E-state index is 0.232. The van der Waals surface area contributed by atoms with Gasteiger partial charge in [-0.1, -0.05) is 67.6 Å². The van der Waals surface area contributed by atoms with Gasteiger partial charge in [-0.2, -0.15) is 0 Å². The zero-order chi connectivity index (χ0) is 14.7. The van der Waals surface area contributed by atoms with Crippen LogP contribution in [0.2, 0.25) is 0 Å². The summed E-state index contributed by atoms with van der Waals surface area (Å²) in [5.74, 6) is 0. The first kappa shape index (κ1) is 13.7. The van der Waals surface area contributed by atoms with Gasteiger partial charge in [0.05, 0.1) is 6.54 Å². The molecule has 3 rings (SSSR count). The minimum atomic E-state index is -0.367. The topological polar surface area (TPSA) is 29.5 Å². The normalized spacial score (nSPS) is 21.4. The first-order chi connectivity index (χ1) is 10.3. The maximum Gasteiger partial charge on any atom is 0.411 e. The molecule has 2 aromatic rings. The fourth-order valence-corrected chi connectivity index (χ4v) is 2.98. The van der Waals surface area contributed by atoms with Crippen LogP contribution in [0, 0.1) is 0 Å². The Bertz CT molecular complexity index is 612. The van der Waals surface area contributed by atoms with Gasteiger partial charge in [0.15, 0.2) is 0 Å². The van der Waals surface area contributed by atoms with Gasteiger partial charge in [-0.25, -0.2) is 4.79 Å². The van der Waals surface area contributed by atoms with Crippen molar-refractivity contribution in [2.75, 3.05) is 6.61 Å². The Morgan fingerprint density at radius 3 is 2.29 bits per heavy atom. The molecule has 21 heavy (non-hydrogen) atoms. The number of carbonyl (C=O) groups is 1. The molecule has 0 saturated carbocycles. The first-order valence-electron chi connectivity index (χ1n) is 7.30. The summed E-state index contributed by atoms with van der Waals surface area (Å²) in [5, 5.41) is 0. The second-order valence-electron chi connectivity index (χ2n) is 5.38. The van der Waals surface area contributed by atoms with Crippen LogP contribution < -0.4 is 0 Å². The highest BCUT2D eigenvalue weighted by Crippen LogP contribution is 2.38. The van der Waals surface area contributed by atoms with Gasteiger partial charge >= 0.3 is 6.09 Å². The summed E-state index contributed by atoms with van der Waals surface area (Å²) >= 11 is 0. The van der Waals surface area contributed by atoms with Gasteiger partial charge in [0, 0.05) is 0 Å². The highest BCUT2D eigenvalue weighted by atomic mass is 16.6. The molecule has 1 heterocycles. The molecule has 0 N–H and O–H groups in total. The van der Waals surface area contributed by atoms with Gasteiger partial charge in [0.2, 0.25) is 0 Å². The van der Waals surface area contributed by atoms with E-state index in [2.05, 4.69) is 19.1 Å². The van der Waals surface area contributed by atoms with Crippen LogP contribution in [0.1, 0.15) is 24.5 Å². The van der Waals surface area contributed by atoms with Crippen LogP contribution >= 0.6 is 0 Å². The van der Waals surface area contributed by atoms with Crippen LogP contribution in [0.15, 0.2) is 60.7 Å². The largest absolute Gasteiger partial charge is 0.447 e. The van der Waals surface area contributed by atoms with Crippen molar-refractivity contribution in [2.24, 2.45) is 0 Å². The van der Waals surface area contributed by atoms with E-state index < -0.39 is 0 Å². The Morgan fingerprint density at radius 2 is 1.67 bits per heavy atom.